The summed E-state index contributed by atoms with van der Waals surface area (Å²) in [5, 5.41) is 12.7. The number of ether oxygens (including phenoxy) is 1. The molecule has 3 rings (SSSR count). The third-order valence-corrected chi connectivity index (χ3v) is 6.06. The predicted octanol–water partition coefficient (Wildman–Crippen LogP) is 3.16. The van der Waals surface area contributed by atoms with Crippen LogP contribution in [0.5, 0.6) is 0 Å². The Morgan fingerprint density at radius 2 is 2.04 bits per heavy atom. The van der Waals surface area contributed by atoms with Crippen LogP contribution in [0.15, 0.2) is 53.8 Å². The third-order valence-electron chi connectivity index (χ3n) is 4.14. The molecule has 0 fully saturated rings. The summed E-state index contributed by atoms with van der Waals surface area (Å²) in [6, 6.07) is 7.48. The fourth-order valence-corrected chi connectivity index (χ4v) is 3.92. The molecule has 134 valence electrons. The van der Waals surface area contributed by atoms with E-state index in [0.717, 1.165) is 11.1 Å². The summed E-state index contributed by atoms with van der Waals surface area (Å²) in [4.78, 5) is 0. The van der Waals surface area contributed by atoms with Crippen LogP contribution in [-0.4, -0.2) is 25.7 Å². The van der Waals surface area contributed by atoms with E-state index in [1.54, 1.807) is 26.0 Å². The Hall–Kier alpha value is -1.53. The first-order valence-electron chi connectivity index (χ1n) is 8.32. The van der Waals surface area contributed by atoms with Gasteiger partial charge in [0.2, 0.25) is 0 Å². The Morgan fingerprint density at radius 1 is 1.24 bits per heavy atom. The van der Waals surface area contributed by atoms with Crippen molar-refractivity contribution in [3.05, 3.63) is 64.5 Å². The summed E-state index contributed by atoms with van der Waals surface area (Å²) < 4.78 is 28.6. The van der Waals surface area contributed by atoms with Gasteiger partial charge in [-0.05, 0) is 25.1 Å². The van der Waals surface area contributed by atoms with Crippen molar-refractivity contribution in [3.63, 3.8) is 0 Å². The molecule has 0 aromatic heterocycles. The maximum absolute atomic E-state index is 12.7. The molecular weight excluding hydrogens is 341 g/mol. The summed E-state index contributed by atoms with van der Waals surface area (Å²) in [5.74, 6) is 0. The first kappa shape index (κ1) is 18.3. The summed E-state index contributed by atoms with van der Waals surface area (Å²) in [6.45, 7) is 3.67. The van der Waals surface area contributed by atoms with Gasteiger partial charge in [0, 0.05) is 23.4 Å². The van der Waals surface area contributed by atoms with E-state index in [0.29, 0.717) is 18.0 Å². The molecule has 3 unspecified atom stereocenters. The van der Waals surface area contributed by atoms with E-state index in [2.05, 4.69) is 0 Å². The lowest BCUT2D eigenvalue weighted by molar-refractivity contribution is -0.729. The number of fused-ring (bicyclic) bond motifs is 2. The number of para-hydroxylation sites is 1. The third kappa shape index (κ3) is 3.85. The van der Waals surface area contributed by atoms with Gasteiger partial charge < -0.3 is 19.5 Å². The monoisotopic (exact) mass is 363 g/mol. The van der Waals surface area contributed by atoms with Crippen molar-refractivity contribution in [1.29, 1.82) is 0 Å². The van der Waals surface area contributed by atoms with Crippen LogP contribution in [-0.2, 0) is 18.3 Å². The van der Waals surface area contributed by atoms with Gasteiger partial charge in [-0.2, -0.15) is 0 Å². The molecule has 0 spiro atoms. The normalized spacial score (nSPS) is 24.0. The zero-order chi connectivity index (χ0) is 17.9. The van der Waals surface area contributed by atoms with Crippen LogP contribution >= 0.6 is 7.60 Å². The van der Waals surface area contributed by atoms with Crippen LogP contribution in [0.4, 0.5) is 5.69 Å². The standard InChI is InChI=1S/C18H22NO5P/c1-3-23-25(21,4-2)24-13-22-18-11-7-10-17-15(18)12-14-8-5-6-9-16(14)19(17)20/h5-12,18-19H,3-4,13H2,1-2H3. The zero-order valence-electron chi connectivity index (χ0n) is 14.3. The van der Waals surface area contributed by atoms with Gasteiger partial charge in [0.25, 0.3) is 0 Å². The van der Waals surface area contributed by atoms with Crippen molar-refractivity contribution in [2.45, 2.75) is 20.0 Å². The molecule has 1 N–H and O–H groups in total. The first-order chi connectivity index (χ1) is 12.1. The lowest BCUT2D eigenvalue weighted by atomic mass is 9.93. The summed E-state index contributed by atoms with van der Waals surface area (Å²) in [6.07, 6.45) is 7.25. The highest BCUT2D eigenvalue weighted by Gasteiger charge is 2.30. The van der Waals surface area contributed by atoms with Gasteiger partial charge in [0.15, 0.2) is 6.79 Å². The van der Waals surface area contributed by atoms with Crippen molar-refractivity contribution in [2.75, 3.05) is 19.6 Å². The van der Waals surface area contributed by atoms with Gasteiger partial charge >= 0.3 is 7.60 Å². The highest BCUT2D eigenvalue weighted by Crippen LogP contribution is 2.47. The minimum absolute atomic E-state index is 0.0134. The van der Waals surface area contributed by atoms with Crippen LogP contribution in [0.2, 0.25) is 0 Å². The van der Waals surface area contributed by atoms with Crippen molar-refractivity contribution >= 4 is 19.4 Å². The van der Waals surface area contributed by atoms with Gasteiger partial charge in [0.05, 0.1) is 6.61 Å². The van der Waals surface area contributed by atoms with E-state index in [1.807, 2.05) is 36.4 Å². The molecule has 0 bridgehead atoms. The van der Waals surface area contributed by atoms with Gasteiger partial charge in [-0.3, -0.25) is 9.09 Å². The second-order valence-corrected chi connectivity index (χ2v) is 8.03. The molecule has 0 saturated heterocycles. The Balaban J connectivity index is 1.74. The van der Waals surface area contributed by atoms with E-state index < -0.39 is 13.7 Å². The van der Waals surface area contributed by atoms with Gasteiger partial charge in [-0.25, -0.2) is 0 Å². The van der Waals surface area contributed by atoms with Crippen molar-refractivity contribution in [2.24, 2.45) is 0 Å². The number of allylic oxidation sites excluding steroid dienone is 2. The minimum Gasteiger partial charge on any atom is -0.623 e. The largest absolute Gasteiger partial charge is 0.623 e. The van der Waals surface area contributed by atoms with Crippen LogP contribution in [0.25, 0.3) is 6.08 Å². The lowest BCUT2D eigenvalue weighted by Gasteiger charge is -2.34. The van der Waals surface area contributed by atoms with Gasteiger partial charge in [0.1, 0.15) is 17.5 Å². The maximum Gasteiger partial charge on any atom is 0.332 e. The Morgan fingerprint density at radius 3 is 2.80 bits per heavy atom. The van der Waals surface area contributed by atoms with E-state index >= 15 is 0 Å². The molecule has 0 amide bonds. The van der Waals surface area contributed by atoms with Crippen LogP contribution in [0, 0.1) is 5.21 Å². The van der Waals surface area contributed by atoms with Crippen LogP contribution in [0.3, 0.4) is 0 Å². The van der Waals surface area contributed by atoms with Gasteiger partial charge in [-0.1, -0.05) is 31.2 Å². The molecule has 7 heteroatoms. The summed E-state index contributed by atoms with van der Waals surface area (Å²) in [5.41, 5.74) is 2.97. The highest BCUT2D eigenvalue weighted by atomic mass is 31.2. The van der Waals surface area contributed by atoms with Crippen molar-refractivity contribution in [1.82, 2.24) is 0 Å². The number of hydroxylamine groups is 1. The molecule has 6 nitrogen and oxygen atoms in total. The smallest absolute Gasteiger partial charge is 0.332 e. The Labute approximate surface area is 147 Å². The summed E-state index contributed by atoms with van der Waals surface area (Å²) in [7, 11) is -3.12. The molecule has 0 radical (unpaired) electrons. The van der Waals surface area contributed by atoms with Crippen molar-refractivity contribution < 1.29 is 23.4 Å². The number of hydrogen-bond donors (Lipinski definition) is 1. The fourth-order valence-electron chi connectivity index (χ4n) is 2.86. The summed E-state index contributed by atoms with van der Waals surface area (Å²) >= 11 is 0. The average Bonchev–Trinajstić information content (AvgIpc) is 2.63. The number of benzene rings is 1. The number of nitrogens with one attached hydrogen (secondary N) is 1. The molecule has 0 saturated carbocycles. The first-order valence-corrected chi connectivity index (χ1v) is 10.0. The molecule has 2 aliphatic rings. The molecule has 1 aromatic carbocycles. The molecule has 1 aromatic rings. The van der Waals surface area contributed by atoms with E-state index in [4.69, 9.17) is 13.8 Å². The predicted molar refractivity (Wildman–Crippen MR) is 96.2 cm³/mol. The number of quaternary nitrogens is 1. The zero-order valence-corrected chi connectivity index (χ0v) is 15.2. The average molecular weight is 363 g/mol. The maximum atomic E-state index is 12.7. The molecule has 1 aliphatic heterocycles. The molecule has 1 heterocycles. The van der Waals surface area contributed by atoms with Gasteiger partial charge in [-0.15, -0.1) is 0 Å². The van der Waals surface area contributed by atoms with Crippen LogP contribution < -0.4 is 5.06 Å². The quantitative estimate of drug-likeness (QED) is 0.458. The van der Waals surface area contributed by atoms with Crippen LogP contribution in [0.1, 0.15) is 19.4 Å². The Kier molecular flexibility index (Phi) is 5.69. The fraction of sp³-hybridized carbons (Fsp3) is 0.333. The molecular formula is C18H22NO5P. The second-order valence-electron chi connectivity index (χ2n) is 5.66. The Bertz CT molecular complexity index is 770. The number of rotatable bonds is 7. The van der Waals surface area contributed by atoms with E-state index in [1.165, 1.54) is 0 Å². The number of hydrogen-bond acceptors (Lipinski definition) is 5. The second kappa shape index (κ2) is 7.79. The van der Waals surface area contributed by atoms with E-state index in [9.17, 15) is 9.77 Å². The highest BCUT2D eigenvalue weighted by molar-refractivity contribution is 7.53. The van der Waals surface area contributed by atoms with Crippen molar-refractivity contribution in [3.8, 4) is 0 Å². The minimum atomic E-state index is -3.12. The SMILES string of the molecule is CCOP(=O)(CC)OCOC1C=CC=C2C1=Cc1ccccc1[NH+]2[O-]. The van der Waals surface area contributed by atoms with E-state index in [-0.39, 0.29) is 18.0 Å². The molecule has 3 atom stereocenters. The lowest BCUT2D eigenvalue weighted by Crippen LogP contribution is -3.01. The topological polar surface area (TPSA) is 72.3 Å². The molecule has 1 aliphatic carbocycles. The molecule has 25 heavy (non-hydrogen) atoms.